The molecule has 6 aliphatic carbocycles. The first kappa shape index (κ1) is 128. The zero-order chi connectivity index (χ0) is 110. The SMILES string of the molecule is CC(C)(C)OC(=O)NCC1CCC(C(=O)O)CC1.CC(C)(C)OC(=O)NCC1CCC(C=O)CC1.CC(C)(C)OC(=O)NCC1CCC(CO)CC1.CC(C)(C)OC(=O)NCC1CCC(C[C@H](CC(=O)OCc2ccccc2)C(=O)O)CC1.COC(=O)/C(=C/C1CCC(CNC(=O)OC(C)(C)C)CC1)CC(=O)OCc1ccccc1.COC(=O)[C@@H](CC(=O)OCc1ccccc1)CC1CCC(CNC(=O)OC(C)(C)C)CC1. The number of alkyl carbamates (subject to hydrolysis) is 6. The van der Waals surface area contributed by atoms with Crippen molar-refractivity contribution < 1.29 is 135 Å². The number of allylic oxidation sites excluding steroid dienone is 1. The summed E-state index contributed by atoms with van der Waals surface area (Å²) in [7, 11) is 2.66. The molecule has 3 aromatic carbocycles. The lowest BCUT2D eigenvalue weighted by atomic mass is 9.77. The van der Waals surface area contributed by atoms with E-state index < -0.39 is 93.6 Å². The van der Waals surface area contributed by atoms with Gasteiger partial charge in [0.2, 0.25) is 0 Å². The maximum Gasteiger partial charge on any atom is 0.407 e. The Morgan fingerprint density at radius 3 is 0.837 bits per heavy atom. The molecule has 0 unspecified atom stereocenters. The summed E-state index contributed by atoms with van der Waals surface area (Å²) < 4.78 is 57.0. The van der Waals surface area contributed by atoms with Crippen LogP contribution in [0.5, 0.6) is 0 Å². The Morgan fingerprint density at radius 2 is 0.578 bits per heavy atom. The number of aliphatic hydroxyl groups is 1. The number of hydrogen-bond acceptors (Lipinski definition) is 26. The second-order valence-corrected chi connectivity index (χ2v) is 45.8. The standard InChI is InChI=1S/C25H37NO6.C25H35NO6.C24H35NO6.C13H23NO4.C13H25NO3.C13H23NO3/c2*1-25(2,3)32-24(29)26-16-19-12-10-18(11-13-19)14-21(23(28)30-4)15-22(27)31-17-20-8-6-5-7-9-20;1-24(2,3)31-23(29)25-15-18-11-9-17(10-12-18)13-20(22(27)28)14-21(26)30-16-19-7-5-4-6-8-19;1-13(2,3)18-12(17)14-8-9-4-6-10(7-5-9)11(15)16;2*1-13(2,3)17-12(16)14-8-10-4-6-11(9-15)7-5-10/h5-9,18-19,21H,10-17H2,1-4H3,(H,26,29);5-9,14,18-19H,10-13,15-17H2,1-4H3,(H,26,29);4-8,17-18,20H,9-16H2,1-3H3,(H,25,29)(H,27,28);9-10H,4-8H2,1-3H3,(H,14,17)(H,15,16);10-11,15H,4-9H2,1-3H3,(H,14,16);9-11H,4-8H2,1-3H3,(H,14,16)/b;21-14+;;;;/t18?,19?,21-;;17?,18?,20-;;;/m1.1.../s1. The number of aliphatic carboxylic acids is 2. The molecule has 0 spiro atoms. The molecule has 2 atom stereocenters. The summed E-state index contributed by atoms with van der Waals surface area (Å²) >= 11 is 0. The molecule has 34 nitrogen and oxygen atoms in total. The van der Waals surface area contributed by atoms with Crippen molar-refractivity contribution in [3.8, 4) is 0 Å². The fourth-order valence-electron chi connectivity index (χ4n) is 18.0. The molecule has 9 rings (SSSR count). The molecule has 34 heteroatoms. The molecule has 9 N–H and O–H groups in total. The fraction of sp³-hybridized carbons (Fsp3) is 0.699. The maximum absolute atomic E-state index is 12.3. The molecule has 0 aliphatic heterocycles. The first-order valence-electron chi connectivity index (χ1n) is 52.8. The Kier molecular flexibility index (Phi) is 57.9. The van der Waals surface area contributed by atoms with Crippen molar-refractivity contribution >= 4 is 84.6 Å². The number of carbonyl (C=O) groups is 14. The summed E-state index contributed by atoms with van der Waals surface area (Å²) in [5.41, 5.74) is 0.114. The van der Waals surface area contributed by atoms with E-state index >= 15 is 0 Å². The number of carboxylic acid groups (broad SMARTS) is 2. The van der Waals surface area contributed by atoms with Crippen LogP contribution < -0.4 is 31.9 Å². The highest BCUT2D eigenvalue weighted by Gasteiger charge is 2.36. The number of ether oxygens (including phenoxy) is 11. The molecule has 6 aliphatic rings. The van der Waals surface area contributed by atoms with Gasteiger partial charge in [-0.25, -0.2) is 33.6 Å². The Morgan fingerprint density at radius 1 is 0.327 bits per heavy atom. The first-order valence-corrected chi connectivity index (χ1v) is 52.8. The zero-order valence-corrected chi connectivity index (χ0v) is 91.5. The van der Waals surface area contributed by atoms with Gasteiger partial charge >= 0.3 is 78.3 Å². The molecule has 6 saturated carbocycles. The van der Waals surface area contributed by atoms with Gasteiger partial charge in [-0.2, -0.15) is 0 Å². The normalized spacial score (nSPS) is 21.4. The monoisotopic (exact) mass is 2070 g/mol. The summed E-state index contributed by atoms with van der Waals surface area (Å²) in [5, 5.41) is 44.3. The largest absolute Gasteiger partial charge is 0.481 e. The van der Waals surface area contributed by atoms with E-state index in [-0.39, 0.29) is 93.0 Å². The maximum atomic E-state index is 12.3. The topological polar surface area (TPSA) is 473 Å². The predicted molar refractivity (Wildman–Crippen MR) is 557 cm³/mol. The van der Waals surface area contributed by atoms with E-state index in [0.717, 1.165) is 164 Å². The van der Waals surface area contributed by atoms with Crippen LogP contribution in [0.2, 0.25) is 0 Å². The van der Waals surface area contributed by atoms with Gasteiger partial charge < -0.3 is 104 Å². The minimum atomic E-state index is -0.953. The highest BCUT2D eigenvalue weighted by molar-refractivity contribution is 5.94. The zero-order valence-electron chi connectivity index (χ0n) is 91.5. The van der Waals surface area contributed by atoms with Crippen LogP contribution in [-0.2, 0) is 110 Å². The number of nitrogens with one attached hydrogen (secondary N) is 6. The molecule has 828 valence electrons. The van der Waals surface area contributed by atoms with Gasteiger partial charge in [0.25, 0.3) is 0 Å². The third kappa shape index (κ3) is 62.1. The molecule has 0 radical (unpaired) electrons. The van der Waals surface area contributed by atoms with E-state index in [1.165, 1.54) is 14.2 Å². The fourth-order valence-corrected chi connectivity index (χ4v) is 18.0. The number of esters is 5. The van der Waals surface area contributed by atoms with Crippen LogP contribution >= 0.6 is 0 Å². The predicted octanol–water partition coefficient (Wildman–Crippen LogP) is 21.0. The van der Waals surface area contributed by atoms with Gasteiger partial charge in [-0.3, -0.25) is 28.8 Å². The van der Waals surface area contributed by atoms with Gasteiger partial charge in [-0.1, -0.05) is 123 Å². The number of methoxy groups -OCH3 is 2. The van der Waals surface area contributed by atoms with Crippen LogP contribution in [0.15, 0.2) is 103 Å². The van der Waals surface area contributed by atoms with E-state index in [0.29, 0.717) is 124 Å². The lowest BCUT2D eigenvalue weighted by Crippen LogP contribution is -2.36. The van der Waals surface area contributed by atoms with Crippen LogP contribution in [0, 0.1) is 82.9 Å². The quantitative estimate of drug-likeness (QED) is 0.0114. The van der Waals surface area contributed by atoms with E-state index in [4.69, 9.17) is 62.3 Å². The average Bonchev–Trinajstić information content (AvgIpc) is 0.875. The summed E-state index contributed by atoms with van der Waals surface area (Å²) in [5.74, 6) is -1.28. The minimum absolute atomic E-state index is 0.0274. The smallest absolute Gasteiger partial charge is 0.407 e. The number of carbonyl (C=O) groups excluding carboxylic acids is 12. The van der Waals surface area contributed by atoms with E-state index in [1.807, 2.05) is 222 Å². The molecule has 147 heavy (non-hydrogen) atoms. The molecule has 0 bridgehead atoms. The van der Waals surface area contributed by atoms with Gasteiger partial charge in [0.1, 0.15) is 59.7 Å². The average molecular weight is 2070 g/mol. The van der Waals surface area contributed by atoms with Crippen molar-refractivity contribution in [3.05, 3.63) is 119 Å². The third-order valence-corrected chi connectivity index (χ3v) is 25.8. The highest BCUT2D eigenvalue weighted by Crippen LogP contribution is 2.38. The number of amides is 6. The van der Waals surface area contributed by atoms with E-state index in [1.54, 1.807) is 0 Å². The number of carboxylic acids is 2. The molecule has 0 saturated heterocycles. The van der Waals surface area contributed by atoms with Crippen LogP contribution in [0.25, 0.3) is 0 Å². The first-order chi connectivity index (χ1) is 69.0. The Bertz CT molecular complexity index is 4420. The number of hydrogen-bond donors (Lipinski definition) is 9. The van der Waals surface area contributed by atoms with Gasteiger partial charge in [0, 0.05) is 57.4 Å². The Balaban J connectivity index is 0.000000375. The van der Waals surface area contributed by atoms with Gasteiger partial charge in [0.05, 0.1) is 51.2 Å². The molecule has 3 aromatic rings. The van der Waals surface area contributed by atoms with Crippen molar-refractivity contribution in [2.75, 3.05) is 60.1 Å². The number of benzene rings is 3. The van der Waals surface area contributed by atoms with Crippen molar-refractivity contribution in [3.63, 3.8) is 0 Å². The van der Waals surface area contributed by atoms with Crippen molar-refractivity contribution in [2.24, 2.45) is 82.9 Å². The highest BCUT2D eigenvalue weighted by atomic mass is 16.6. The number of aldehydes is 1. The number of aliphatic hydroxyl groups excluding tert-OH is 1. The molecular weight excluding hydrogens is 1890 g/mol. The molecule has 6 fully saturated rings. The third-order valence-electron chi connectivity index (χ3n) is 25.8. The van der Waals surface area contributed by atoms with Crippen molar-refractivity contribution in [1.82, 2.24) is 31.9 Å². The minimum Gasteiger partial charge on any atom is -0.481 e. The van der Waals surface area contributed by atoms with Gasteiger partial charge in [-0.05, 0) is 342 Å². The second-order valence-electron chi connectivity index (χ2n) is 45.8. The van der Waals surface area contributed by atoms with Crippen LogP contribution in [0.4, 0.5) is 28.8 Å². The summed E-state index contributed by atoms with van der Waals surface area (Å²) in [6.07, 6.45) is 23.9. The summed E-state index contributed by atoms with van der Waals surface area (Å²) in [6.45, 7) is 37.6. The van der Waals surface area contributed by atoms with Crippen LogP contribution in [-0.4, -0.2) is 194 Å². The summed E-state index contributed by atoms with van der Waals surface area (Å²) in [6, 6.07) is 28.2. The summed E-state index contributed by atoms with van der Waals surface area (Å²) in [4.78, 5) is 164. The second kappa shape index (κ2) is 66.4. The van der Waals surface area contributed by atoms with Gasteiger partial charge in [-0.15, -0.1) is 0 Å². The molecule has 6 amide bonds. The van der Waals surface area contributed by atoms with Crippen molar-refractivity contribution in [2.45, 2.75) is 364 Å². The van der Waals surface area contributed by atoms with E-state index in [2.05, 4.69) is 31.9 Å². The van der Waals surface area contributed by atoms with Crippen LogP contribution in [0.3, 0.4) is 0 Å². The van der Waals surface area contributed by atoms with Crippen molar-refractivity contribution in [1.29, 1.82) is 0 Å². The van der Waals surface area contributed by atoms with Crippen LogP contribution in [0.1, 0.15) is 328 Å². The van der Waals surface area contributed by atoms with E-state index in [9.17, 15) is 72.2 Å². The molecule has 0 aromatic heterocycles. The molecule has 0 heterocycles. The Labute approximate surface area is 873 Å². The van der Waals surface area contributed by atoms with Gasteiger partial charge in [0.15, 0.2) is 0 Å². The Hall–Kier alpha value is -11.1. The molecular formula is C113H178N6O28. The lowest BCUT2D eigenvalue weighted by molar-refractivity contribution is -0.154. The lowest BCUT2D eigenvalue weighted by Gasteiger charge is -2.30. The number of rotatable bonds is 35.